The number of rotatable bonds is 27. The number of ether oxygens (including phenoxy) is 2. The standard InChI is InChI=1S/C27H56NO4.CH4O4S/c1-3-4-5-6-7-8-9-10-11-12-13-14-15-16-17-18-19-28(2,20-24-31-26-22-29)21-25-32-27-23-30;1-5-6(2,3)4/h10-11,29-30H,3-9,12-27H2,1-2H3;1H3,(H,2,3,4)/q+1;/p-1/b11-10-;. The minimum absolute atomic E-state index is 0.0816. The van der Waals surface area contributed by atoms with Crippen molar-refractivity contribution in [3.8, 4) is 0 Å². The lowest BCUT2D eigenvalue weighted by molar-refractivity contribution is -0.910. The normalized spacial score (nSPS) is 12.2. The molecule has 230 valence electrons. The van der Waals surface area contributed by atoms with Gasteiger partial charge in [-0.1, -0.05) is 70.4 Å². The minimum atomic E-state index is -4.41. The third kappa shape index (κ3) is 33.4. The van der Waals surface area contributed by atoms with E-state index in [4.69, 9.17) is 19.7 Å². The first-order valence-electron chi connectivity index (χ1n) is 14.6. The van der Waals surface area contributed by atoms with Gasteiger partial charge in [0.25, 0.3) is 0 Å². The van der Waals surface area contributed by atoms with Crippen molar-refractivity contribution in [1.29, 1.82) is 0 Å². The summed E-state index contributed by atoms with van der Waals surface area (Å²) >= 11 is 0. The van der Waals surface area contributed by atoms with Crippen molar-refractivity contribution in [3.05, 3.63) is 12.2 Å². The molecule has 0 radical (unpaired) electrons. The highest BCUT2D eigenvalue weighted by molar-refractivity contribution is 7.80. The Bertz CT molecular complexity index is 590. The maximum Gasteiger partial charge on any atom is 0.217 e. The molecule has 0 unspecified atom stereocenters. The van der Waals surface area contributed by atoms with Crippen LogP contribution in [0.3, 0.4) is 0 Å². The molecule has 38 heavy (non-hydrogen) atoms. The number of aliphatic hydroxyl groups excluding tert-OH is 2. The van der Waals surface area contributed by atoms with Crippen LogP contribution in [-0.2, 0) is 24.1 Å². The van der Waals surface area contributed by atoms with Gasteiger partial charge in [0.05, 0.1) is 60.3 Å². The monoisotopic (exact) mass is 569 g/mol. The molecule has 10 heteroatoms. The lowest BCUT2D eigenvalue weighted by Gasteiger charge is -2.34. The Morgan fingerprint density at radius 3 is 1.47 bits per heavy atom. The summed E-state index contributed by atoms with van der Waals surface area (Å²) in [6.45, 7) is 7.61. The average molecular weight is 570 g/mol. The molecular formula is C28H59NO8S. The van der Waals surface area contributed by atoms with Gasteiger partial charge in [0, 0.05) is 0 Å². The van der Waals surface area contributed by atoms with Crippen LogP contribution in [0, 0.1) is 0 Å². The van der Waals surface area contributed by atoms with Gasteiger partial charge in [-0.05, 0) is 38.5 Å². The summed E-state index contributed by atoms with van der Waals surface area (Å²) in [5.74, 6) is 0. The Labute approximate surface area is 234 Å². The summed E-state index contributed by atoms with van der Waals surface area (Å²) in [5, 5.41) is 17.8. The predicted molar refractivity (Wildman–Crippen MR) is 153 cm³/mol. The zero-order chi connectivity index (χ0) is 28.8. The first kappa shape index (κ1) is 39.6. The topological polar surface area (TPSA) is 125 Å². The maximum atomic E-state index is 9.22. The fraction of sp³-hybridized carbons (Fsp3) is 0.929. The molecule has 0 aliphatic heterocycles. The first-order chi connectivity index (χ1) is 18.2. The third-order valence-corrected chi connectivity index (χ3v) is 6.84. The molecule has 0 aromatic heterocycles. The molecule has 0 aromatic carbocycles. The Morgan fingerprint density at radius 2 is 1.08 bits per heavy atom. The molecule has 0 heterocycles. The van der Waals surface area contributed by atoms with Gasteiger partial charge in [-0.15, -0.1) is 0 Å². The molecule has 0 spiro atoms. The number of allylic oxidation sites excluding steroid dienone is 2. The molecule has 0 aliphatic carbocycles. The van der Waals surface area contributed by atoms with Crippen molar-refractivity contribution in [2.24, 2.45) is 0 Å². The average Bonchev–Trinajstić information content (AvgIpc) is 2.89. The summed E-state index contributed by atoms with van der Waals surface area (Å²) in [4.78, 5) is 0. The van der Waals surface area contributed by atoms with Crippen molar-refractivity contribution < 1.29 is 41.3 Å². The fourth-order valence-corrected chi connectivity index (χ4v) is 3.98. The van der Waals surface area contributed by atoms with E-state index in [1.54, 1.807) is 0 Å². The van der Waals surface area contributed by atoms with Gasteiger partial charge in [0.2, 0.25) is 10.4 Å². The largest absolute Gasteiger partial charge is 0.726 e. The van der Waals surface area contributed by atoms with E-state index in [9.17, 15) is 13.0 Å². The van der Waals surface area contributed by atoms with Gasteiger partial charge < -0.3 is 28.7 Å². The zero-order valence-electron chi connectivity index (χ0n) is 24.6. The van der Waals surface area contributed by atoms with Gasteiger partial charge in [-0.25, -0.2) is 8.42 Å². The Kier molecular flexibility index (Phi) is 30.6. The first-order valence-corrected chi connectivity index (χ1v) is 15.9. The van der Waals surface area contributed by atoms with E-state index in [-0.39, 0.29) is 13.2 Å². The number of aliphatic hydroxyl groups is 2. The smallest absolute Gasteiger partial charge is 0.217 e. The third-order valence-electron chi connectivity index (χ3n) is 6.44. The molecule has 2 N–H and O–H groups in total. The Morgan fingerprint density at radius 1 is 0.684 bits per heavy atom. The van der Waals surface area contributed by atoms with E-state index in [1.165, 1.54) is 89.9 Å². The van der Waals surface area contributed by atoms with E-state index >= 15 is 0 Å². The Hall–Kier alpha value is -0.590. The van der Waals surface area contributed by atoms with Crippen molar-refractivity contribution in [2.45, 2.75) is 96.8 Å². The molecule has 0 rings (SSSR count). The summed E-state index contributed by atoms with van der Waals surface area (Å²) in [6.07, 6.45) is 23.5. The van der Waals surface area contributed by atoms with Crippen LogP contribution in [0.4, 0.5) is 0 Å². The molecule has 0 amide bonds. The van der Waals surface area contributed by atoms with Crippen LogP contribution in [0.2, 0.25) is 0 Å². The Balaban J connectivity index is 0. The van der Waals surface area contributed by atoms with Crippen LogP contribution >= 0.6 is 0 Å². The maximum absolute atomic E-state index is 9.22. The number of hydrogen-bond donors (Lipinski definition) is 2. The van der Waals surface area contributed by atoms with E-state index in [1.807, 2.05) is 0 Å². The van der Waals surface area contributed by atoms with Crippen LogP contribution in [0.5, 0.6) is 0 Å². The van der Waals surface area contributed by atoms with Crippen molar-refractivity contribution >= 4 is 10.4 Å². The van der Waals surface area contributed by atoms with Crippen LogP contribution in [0.25, 0.3) is 0 Å². The lowest BCUT2D eigenvalue weighted by atomic mass is 10.1. The van der Waals surface area contributed by atoms with E-state index in [0.717, 1.165) is 31.2 Å². The molecular weight excluding hydrogens is 510 g/mol. The number of unbranched alkanes of at least 4 members (excludes halogenated alkanes) is 12. The van der Waals surface area contributed by atoms with Crippen LogP contribution in [-0.4, -0.2) is 101 Å². The van der Waals surface area contributed by atoms with Gasteiger partial charge in [-0.3, -0.25) is 4.18 Å². The summed E-state index contributed by atoms with van der Waals surface area (Å²) < 4.78 is 42.9. The number of hydrogen-bond acceptors (Lipinski definition) is 8. The predicted octanol–water partition coefficient (Wildman–Crippen LogP) is 4.58. The molecule has 0 aromatic rings. The van der Waals surface area contributed by atoms with Crippen molar-refractivity contribution in [3.63, 3.8) is 0 Å². The molecule has 0 atom stereocenters. The number of quaternary nitrogens is 1. The molecule has 0 aliphatic rings. The number of nitrogens with zero attached hydrogens (tertiary/aromatic N) is 1. The molecule has 0 saturated carbocycles. The van der Waals surface area contributed by atoms with Crippen LogP contribution in [0.15, 0.2) is 12.2 Å². The SMILES string of the molecule is CCCCCCCC/C=C\CCCCCCCC[N+](C)(CCOCCO)CCOCCO.COS(=O)(=O)[O-]. The molecule has 0 saturated heterocycles. The van der Waals surface area contributed by atoms with Gasteiger partial charge >= 0.3 is 0 Å². The van der Waals surface area contributed by atoms with Crippen molar-refractivity contribution in [2.75, 3.05) is 73.4 Å². The second kappa shape index (κ2) is 29.4. The molecule has 0 bridgehead atoms. The van der Waals surface area contributed by atoms with E-state index in [2.05, 4.69) is 30.3 Å². The summed E-state index contributed by atoms with van der Waals surface area (Å²) in [5.41, 5.74) is 0. The van der Waals surface area contributed by atoms with Gasteiger partial charge in [0.15, 0.2) is 0 Å². The minimum Gasteiger partial charge on any atom is -0.726 e. The highest BCUT2D eigenvalue weighted by atomic mass is 32.3. The second-order valence-corrected chi connectivity index (χ2v) is 11.1. The van der Waals surface area contributed by atoms with Crippen LogP contribution in [0.1, 0.15) is 96.8 Å². The van der Waals surface area contributed by atoms with Gasteiger partial charge in [-0.2, -0.15) is 0 Å². The fourth-order valence-electron chi connectivity index (χ4n) is 3.98. The van der Waals surface area contributed by atoms with E-state index in [0.29, 0.717) is 26.4 Å². The molecule has 9 nitrogen and oxygen atoms in total. The highest BCUT2D eigenvalue weighted by Crippen LogP contribution is 2.12. The summed E-state index contributed by atoms with van der Waals surface area (Å²) in [6, 6.07) is 0. The summed E-state index contributed by atoms with van der Waals surface area (Å²) in [7, 11) is -1.34. The molecule has 0 fully saturated rings. The quantitative estimate of drug-likeness (QED) is 0.0484. The zero-order valence-corrected chi connectivity index (χ0v) is 25.4. The van der Waals surface area contributed by atoms with Gasteiger partial charge in [0.1, 0.15) is 13.1 Å². The number of likely N-dealkylation sites (N-methyl/N-ethyl adjacent to an activating group) is 1. The van der Waals surface area contributed by atoms with E-state index < -0.39 is 10.4 Å². The van der Waals surface area contributed by atoms with Crippen molar-refractivity contribution in [1.82, 2.24) is 0 Å². The lowest BCUT2D eigenvalue weighted by Crippen LogP contribution is -2.49. The van der Waals surface area contributed by atoms with Crippen LogP contribution < -0.4 is 0 Å². The second-order valence-electron chi connectivity index (χ2n) is 9.98. The highest BCUT2D eigenvalue weighted by Gasteiger charge is 2.20.